The van der Waals surface area contributed by atoms with Gasteiger partial charge in [0.2, 0.25) is 5.91 Å². The highest BCUT2D eigenvalue weighted by molar-refractivity contribution is 6.33. The third kappa shape index (κ3) is 2.76. The highest BCUT2D eigenvalue weighted by atomic mass is 35.5. The zero-order valence-corrected chi connectivity index (χ0v) is 12.2. The molecule has 6 heteroatoms. The molecule has 1 aromatic carbocycles. The molecule has 5 nitrogen and oxygen atoms in total. The topological polar surface area (TPSA) is 78.4 Å². The number of benzene rings is 1. The van der Waals surface area contributed by atoms with Crippen molar-refractivity contribution < 1.29 is 14.7 Å². The Morgan fingerprint density at radius 1 is 1.33 bits per heavy atom. The Hall–Kier alpha value is -1.59. The minimum absolute atomic E-state index is 0.0102. The molecule has 2 aliphatic rings. The molecule has 1 aromatic rings. The van der Waals surface area contributed by atoms with E-state index in [1.165, 1.54) is 12.1 Å². The molecule has 1 amide bonds. The number of amides is 1. The largest absolute Gasteiger partial charge is 0.478 e. The molecule has 0 radical (unpaired) electrons. The number of rotatable bonds is 3. The fourth-order valence-electron chi connectivity index (χ4n) is 3.19. The van der Waals surface area contributed by atoms with Crippen molar-refractivity contribution in [3.63, 3.8) is 0 Å². The van der Waals surface area contributed by atoms with Gasteiger partial charge in [-0.25, -0.2) is 4.79 Å². The van der Waals surface area contributed by atoms with Crippen molar-refractivity contribution in [3.8, 4) is 0 Å². The molecule has 1 saturated heterocycles. The van der Waals surface area contributed by atoms with E-state index in [4.69, 9.17) is 16.7 Å². The first-order chi connectivity index (χ1) is 10.0. The minimum atomic E-state index is -1.08. The maximum Gasteiger partial charge on any atom is 0.337 e. The summed E-state index contributed by atoms with van der Waals surface area (Å²) in [5.41, 5.74) is 0.766. The summed E-state index contributed by atoms with van der Waals surface area (Å²) in [6.07, 6.45) is 3.04. The van der Waals surface area contributed by atoms with Crippen LogP contribution in [0.25, 0.3) is 0 Å². The molecule has 1 unspecified atom stereocenters. The van der Waals surface area contributed by atoms with Gasteiger partial charge in [0.15, 0.2) is 0 Å². The Morgan fingerprint density at radius 2 is 2.05 bits per heavy atom. The Labute approximate surface area is 127 Å². The van der Waals surface area contributed by atoms with Gasteiger partial charge < -0.3 is 15.7 Å². The van der Waals surface area contributed by atoms with Gasteiger partial charge in [0.25, 0.3) is 0 Å². The first-order valence-electron chi connectivity index (χ1n) is 7.06. The van der Waals surface area contributed by atoms with Crippen LogP contribution >= 0.6 is 11.6 Å². The maximum absolute atomic E-state index is 12.3. The average molecular weight is 309 g/mol. The summed E-state index contributed by atoms with van der Waals surface area (Å²) in [5, 5.41) is 15.2. The van der Waals surface area contributed by atoms with Crippen molar-refractivity contribution in [2.24, 2.45) is 11.3 Å². The van der Waals surface area contributed by atoms with E-state index in [0.717, 1.165) is 32.4 Å². The molecule has 21 heavy (non-hydrogen) atoms. The van der Waals surface area contributed by atoms with Crippen LogP contribution < -0.4 is 10.6 Å². The second-order valence-electron chi connectivity index (χ2n) is 5.86. The van der Waals surface area contributed by atoms with Crippen molar-refractivity contribution in [2.75, 3.05) is 18.4 Å². The van der Waals surface area contributed by atoms with Gasteiger partial charge in [-0.2, -0.15) is 0 Å². The number of carbonyl (C=O) groups is 2. The van der Waals surface area contributed by atoms with Gasteiger partial charge in [-0.15, -0.1) is 0 Å². The fourth-order valence-corrected chi connectivity index (χ4v) is 3.45. The molecule has 0 bridgehead atoms. The van der Waals surface area contributed by atoms with E-state index in [0.29, 0.717) is 5.69 Å². The fraction of sp³-hybridized carbons (Fsp3) is 0.467. The van der Waals surface area contributed by atoms with Crippen LogP contribution in [0.2, 0.25) is 5.02 Å². The van der Waals surface area contributed by atoms with Crippen LogP contribution in [0.15, 0.2) is 18.2 Å². The molecule has 1 aliphatic carbocycles. The molecular formula is C15H17ClN2O3. The van der Waals surface area contributed by atoms with E-state index < -0.39 is 5.97 Å². The smallest absolute Gasteiger partial charge is 0.337 e. The Morgan fingerprint density at radius 3 is 2.67 bits per heavy atom. The van der Waals surface area contributed by atoms with Crippen LogP contribution in [-0.2, 0) is 4.79 Å². The zero-order valence-electron chi connectivity index (χ0n) is 11.5. The quantitative estimate of drug-likeness (QED) is 0.801. The molecule has 1 saturated carbocycles. The van der Waals surface area contributed by atoms with Gasteiger partial charge in [-0.1, -0.05) is 11.6 Å². The van der Waals surface area contributed by atoms with Crippen molar-refractivity contribution >= 4 is 29.2 Å². The van der Waals surface area contributed by atoms with Crippen LogP contribution in [-0.4, -0.2) is 30.1 Å². The van der Waals surface area contributed by atoms with Crippen molar-refractivity contribution in [1.82, 2.24) is 5.32 Å². The van der Waals surface area contributed by atoms with Gasteiger partial charge in [-0.3, -0.25) is 4.79 Å². The first-order valence-corrected chi connectivity index (χ1v) is 7.44. The summed E-state index contributed by atoms with van der Waals surface area (Å²) in [7, 11) is 0. The Kier molecular flexibility index (Phi) is 3.63. The van der Waals surface area contributed by atoms with Crippen molar-refractivity contribution in [2.45, 2.75) is 19.3 Å². The Balaban J connectivity index is 1.66. The van der Waals surface area contributed by atoms with E-state index in [1.807, 2.05) is 0 Å². The number of aromatic carboxylic acids is 1. The lowest BCUT2D eigenvalue weighted by molar-refractivity contribution is -0.118. The van der Waals surface area contributed by atoms with Gasteiger partial charge >= 0.3 is 5.97 Å². The van der Waals surface area contributed by atoms with E-state index in [1.54, 1.807) is 6.07 Å². The van der Waals surface area contributed by atoms with E-state index in [2.05, 4.69) is 10.6 Å². The SMILES string of the molecule is O=C(O)c1ccc(NC(=O)C2CC23CCNCC3)cc1Cl. The number of anilines is 1. The second-order valence-corrected chi connectivity index (χ2v) is 6.27. The molecule has 2 fully saturated rings. The molecule has 112 valence electrons. The number of hydrogen-bond donors (Lipinski definition) is 3. The number of hydrogen-bond acceptors (Lipinski definition) is 3. The summed E-state index contributed by atoms with van der Waals surface area (Å²) in [4.78, 5) is 23.2. The number of nitrogens with one attached hydrogen (secondary N) is 2. The van der Waals surface area contributed by atoms with Crippen LogP contribution in [0, 0.1) is 11.3 Å². The third-order valence-electron chi connectivity index (χ3n) is 4.57. The van der Waals surface area contributed by atoms with E-state index >= 15 is 0 Å². The van der Waals surface area contributed by atoms with Crippen LogP contribution in [0.3, 0.4) is 0 Å². The zero-order chi connectivity index (χ0) is 15.0. The molecule has 1 heterocycles. The number of carboxylic acid groups (broad SMARTS) is 1. The summed E-state index contributed by atoms with van der Waals surface area (Å²) in [5.74, 6) is -0.998. The normalized spacial score (nSPS) is 22.8. The van der Waals surface area contributed by atoms with E-state index in [9.17, 15) is 9.59 Å². The second kappa shape index (κ2) is 5.31. The van der Waals surface area contributed by atoms with Crippen LogP contribution in [0.4, 0.5) is 5.69 Å². The first kappa shape index (κ1) is 14.4. The number of carboxylic acids is 1. The molecule has 3 N–H and O–H groups in total. The number of piperidine rings is 1. The number of halogens is 1. The molecule has 1 aliphatic heterocycles. The summed E-state index contributed by atoms with van der Waals surface area (Å²) in [6, 6.07) is 4.47. The predicted octanol–water partition coefficient (Wildman–Crippen LogP) is 2.37. The minimum Gasteiger partial charge on any atom is -0.478 e. The maximum atomic E-state index is 12.3. The highest BCUT2D eigenvalue weighted by Gasteiger charge is 2.57. The van der Waals surface area contributed by atoms with Crippen molar-refractivity contribution in [3.05, 3.63) is 28.8 Å². The Bertz CT molecular complexity index is 597. The van der Waals surface area contributed by atoms with Gasteiger partial charge in [0.05, 0.1) is 10.6 Å². The molecule has 1 atom stereocenters. The lowest BCUT2D eigenvalue weighted by Gasteiger charge is -2.23. The number of carbonyl (C=O) groups excluding carboxylic acids is 1. The van der Waals surface area contributed by atoms with Crippen LogP contribution in [0.1, 0.15) is 29.6 Å². The van der Waals surface area contributed by atoms with E-state index in [-0.39, 0.29) is 27.8 Å². The average Bonchev–Trinajstić information content (AvgIpc) is 3.13. The summed E-state index contributed by atoms with van der Waals surface area (Å²) < 4.78 is 0. The molecular weight excluding hydrogens is 292 g/mol. The third-order valence-corrected chi connectivity index (χ3v) is 4.89. The van der Waals surface area contributed by atoms with Gasteiger partial charge in [0, 0.05) is 11.6 Å². The summed E-state index contributed by atoms with van der Waals surface area (Å²) >= 11 is 5.90. The van der Waals surface area contributed by atoms with Crippen molar-refractivity contribution in [1.29, 1.82) is 0 Å². The lowest BCUT2D eigenvalue weighted by Crippen LogP contribution is -2.31. The van der Waals surface area contributed by atoms with Gasteiger partial charge in [0.1, 0.15) is 0 Å². The lowest BCUT2D eigenvalue weighted by atomic mass is 9.92. The van der Waals surface area contributed by atoms with Crippen LogP contribution in [0.5, 0.6) is 0 Å². The molecule has 3 rings (SSSR count). The monoisotopic (exact) mass is 308 g/mol. The molecule has 0 aromatic heterocycles. The standard InChI is InChI=1S/C15H17ClN2O3/c16-12-7-9(1-2-10(12)14(20)21)18-13(19)11-8-15(11)3-5-17-6-4-15/h1-2,7,11,17H,3-6,8H2,(H,18,19)(H,20,21). The highest BCUT2D eigenvalue weighted by Crippen LogP contribution is 2.58. The summed E-state index contributed by atoms with van der Waals surface area (Å²) in [6.45, 7) is 1.95. The predicted molar refractivity (Wildman–Crippen MR) is 79.7 cm³/mol. The molecule has 1 spiro atoms. The van der Waals surface area contributed by atoms with Gasteiger partial charge in [-0.05, 0) is 56.0 Å².